The van der Waals surface area contributed by atoms with Gasteiger partial charge in [0.05, 0.1) is 5.41 Å². The van der Waals surface area contributed by atoms with E-state index in [1.165, 1.54) is 0 Å². The highest BCUT2D eigenvalue weighted by Gasteiger charge is 2.55. The lowest BCUT2D eigenvalue weighted by atomic mass is 9.72. The molecule has 3 fully saturated rings. The first-order valence-corrected chi connectivity index (χ1v) is 9.98. The Morgan fingerprint density at radius 3 is 2.67 bits per heavy atom. The summed E-state index contributed by atoms with van der Waals surface area (Å²) in [4.78, 5) is 33.9. The number of aryl methyl sites for hydroxylation is 1. The van der Waals surface area contributed by atoms with Crippen molar-refractivity contribution in [3.05, 3.63) is 11.6 Å². The molecule has 148 valence electrons. The second kappa shape index (κ2) is 7.22. The lowest BCUT2D eigenvalue weighted by Crippen LogP contribution is -2.52. The predicted octanol–water partition coefficient (Wildman–Crippen LogP) is 0.878. The molecule has 1 aromatic heterocycles. The lowest BCUT2D eigenvalue weighted by Gasteiger charge is -2.41. The number of ether oxygens (including phenoxy) is 1. The smallest absolute Gasteiger partial charge is 0.248 e. The first-order valence-electron chi connectivity index (χ1n) is 9.98. The van der Waals surface area contributed by atoms with Crippen LogP contribution in [0.1, 0.15) is 43.8 Å². The van der Waals surface area contributed by atoms with Gasteiger partial charge < -0.3 is 14.5 Å². The molecule has 2 saturated heterocycles. The minimum atomic E-state index is -0.261. The van der Waals surface area contributed by atoms with E-state index >= 15 is 0 Å². The largest absolute Gasteiger partial charge is 0.375 e. The van der Waals surface area contributed by atoms with Gasteiger partial charge in [-0.1, -0.05) is 12.8 Å². The molecule has 3 aliphatic rings. The van der Waals surface area contributed by atoms with Crippen LogP contribution in [0.15, 0.2) is 0 Å². The summed E-state index contributed by atoms with van der Waals surface area (Å²) < 4.78 is 5.02. The Morgan fingerprint density at radius 2 is 2.00 bits per heavy atom. The molecule has 1 aliphatic carbocycles. The number of fused-ring (bicyclic) bond motifs is 1. The zero-order chi connectivity index (χ0) is 19.0. The molecule has 1 N–H and O–H groups in total. The number of piperidine rings is 1. The van der Waals surface area contributed by atoms with Crippen molar-refractivity contribution in [1.29, 1.82) is 0 Å². The van der Waals surface area contributed by atoms with Crippen LogP contribution in [-0.4, -0.2) is 76.7 Å². The Hall–Kier alpha value is -1.96. The average Bonchev–Trinajstić information content (AvgIpc) is 3.40. The molecular weight excluding hydrogens is 346 g/mol. The number of aromatic nitrogens is 3. The molecule has 2 amide bonds. The van der Waals surface area contributed by atoms with Crippen molar-refractivity contribution >= 4 is 11.8 Å². The summed E-state index contributed by atoms with van der Waals surface area (Å²) in [5, 5.41) is 7.43. The van der Waals surface area contributed by atoms with Gasteiger partial charge in [-0.2, -0.15) is 5.10 Å². The number of H-pyrrole nitrogens is 1. The van der Waals surface area contributed by atoms with E-state index in [-0.39, 0.29) is 35.7 Å². The maximum Gasteiger partial charge on any atom is 0.248 e. The molecule has 1 aromatic rings. The highest BCUT2D eigenvalue weighted by atomic mass is 16.5. The minimum absolute atomic E-state index is 0.0119. The Labute approximate surface area is 159 Å². The number of nitrogens with one attached hydrogen (secondary N) is 1. The molecule has 27 heavy (non-hydrogen) atoms. The molecule has 0 spiro atoms. The first kappa shape index (κ1) is 18.4. The van der Waals surface area contributed by atoms with Crippen molar-refractivity contribution in [3.8, 4) is 0 Å². The molecule has 0 bridgehead atoms. The molecule has 0 aromatic carbocycles. The van der Waals surface area contributed by atoms with Gasteiger partial charge >= 0.3 is 0 Å². The summed E-state index contributed by atoms with van der Waals surface area (Å²) in [6.07, 6.45) is 5.09. The molecule has 2 atom stereocenters. The number of aromatic amines is 1. The van der Waals surface area contributed by atoms with Crippen LogP contribution < -0.4 is 0 Å². The fraction of sp³-hybridized carbons (Fsp3) is 0.789. The number of nitrogens with zero attached hydrogens (tertiary/aromatic N) is 4. The van der Waals surface area contributed by atoms with E-state index in [1.807, 2.05) is 16.7 Å². The normalized spacial score (nSPS) is 28.6. The highest BCUT2D eigenvalue weighted by Crippen LogP contribution is 2.45. The third-order valence-corrected chi connectivity index (χ3v) is 6.64. The predicted molar refractivity (Wildman–Crippen MR) is 97.9 cm³/mol. The zero-order valence-corrected chi connectivity index (χ0v) is 16.2. The van der Waals surface area contributed by atoms with Crippen LogP contribution in [0, 0.1) is 18.8 Å². The number of carbonyl (C=O) groups is 2. The number of carbonyl (C=O) groups excluding carboxylic acids is 2. The SMILES string of the molecule is COCC(=O)N1CC[C@@]2(c3n[nH]c(C)n3)CN(C(=O)C3CCCC3)C[C@H]2C1. The van der Waals surface area contributed by atoms with Crippen LogP contribution in [0.5, 0.6) is 0 Å². The summed E-state index contributed by atoms with van der Waals surface area (Å²) in [6.45, 7) is 4.62. The van der Waals surface area contributed by atoms with Gasteiger partial charge in [0.25, 0.3) is 0 Å². The maximum absolute atomic E-state index is 13.1. The molecule has 3 heterocycles. The third-order valence-electron chi connectivity index (χ3n) is 6.64. The topological polar surface area (TPSA) is 91.4 Å². The number of hydrogen-bond acceptors (Lipinski definition) is 5. The Bertz CT molecular complexity index is 714. The van der Waals surface area contributed by atoms with E-state index < -0.39 is 0 Å². The summed E-state index contributed by atoms with van der Waals surface area (Å²) >= 11 is 0. The van der Waals surface area contributed by atoms with Crippen LogP contribution in [0.3, 0.4) is 0 Å². The number of amides is 2. The standard InChI is InChI=1S/C19H29N5O3/c1-13-20-18(22-21-13)19-7-8-23(16(25)11-27-2)9-15(19)10-24(12-19)17(26)14-5-3-4-6-14/h14-15H,3-12H2,1-2H3,(H,20,21,22)/t15-,19-/m1/s1. The highest BCUT2D eigenvalue weighted by molar-refractivity contribution is 5.80. The molecule has 8 nitrogen and oxygen atoms in total. The molecule has 0 unspecified atom stereocenters. The van der Waals surface area contributed by atoms with E-state index in [0.29, 0.717) is 26.2 Å². The van der Waals surface area contributed by atoms with Gasteiger partial charge in [-0.25, -0.2) is 4.98 Å². The van der Waals surface area contributed by atoms with Crippen LogP contribution in [0.2, 0.25) is 0 Å². The lowest BCUT2D eigenvalue weighted by molar-refractivity contribution is -0.137. The summed E-state index contributed by atoms with van der Waals surface area (Å²) in [6, 6.07) is 0. The van der Waals surface area contributed by atoms with Crippen LogP contribution >= 0.6 is 0 Å². The minimum Gasteiger partial charge on any atom is -0.375 e. The van der Waals surface area contributed by atoms with Crippen molar-refractivity contribution < 1.29 is 14.3 Å². The van der Waals surface area contributed by atoms with Gasteiger partial charge in [-0.15, -0.1) is 0 Å². The van der Waals surface area contributed by atoms with Gasteiger partial charge in [0.15, 0.2) is 5.82 Å². The second-order valence-corrected chi connectivity index (χ2v) is 8.32. The van der Waals surface area contributed by atoms with E-state index in [9.17, 15) is 9.59 Å². The Kier molecular flexibility index (Phi) is 4.92. The number of likely N-dealkylation sites (tertiary alicyclic amines) is 2. The van der Waals surface area contributed by atoms with Crippen molar-refractivity contribution in [3.63, 3.8) is 0 Å². The van der Waals surface area contributed by atoms with Gasteiger partial charge in [-0.05, 0) is 26.2 Å². The van der Waals surface area contributed by atoms with Crippen LogP contribution in [-0.2, 0) is 19.7 Å². The number of methoxy groups -OCH3 is 1. The van der Waals surface area contributed by atoms with E-state index in [2.05, 4.69) is 15.2 Å². The maximum atomic E-state index is 13.1. The number of hydrogen-bond donors (Lipinski definition) is 1. The van der Waals surface area contributed by atoms with E-state index in [0.717, 1.165) is 43.8 Å². The van der Waals surface area contributed by atoms with Gasteiger partial charge in [0.2, 0.25) is 11.8 Å². The second-order valence-electron chi connectivity index (χ2n) is 8.32. The number of rotatable bonds is 4. The van der Waals surface area contributed by atoms with E-state index in [4.69, 9.17) is 4.74 Å². The fourth-order valence-corrected chi connectivity index (χ4v) is 5.15. The summed E-state index contributed by atoms with van der Waals surface area (Å²) in [5.41, 5.74) is -0.261. The first-order chi connectivity index (χ1) is 13.0. The molecule has 8 heteroatoms. The van der Waals surface area contributed by atoms with E-state index in [1.54, 1.807) is 7.11 Å². The zero-order valence-electron chi connectivity index (χ0n) is 16.2. The average molecular weight is 375 g/mol. The molecule has 1 saturated carbocycles. The van der Waals surface area contributed by atoms with Crippen molar-refractivity contribution in [1.82, 2.24) is 25.0 Å². The Balaban J connectivity index is 1.58. The monoisotopic (exact) mass is 375 g/mol. The summed E-state index contributed by atoms with van der Waals surface area (Å²) in [5.74, 6) is 2.21. The molecular formula is C19H29N5O3. The van der Waals surface area contributed by atoms with Gasteiger partial charge in [-0.3, -0.25) is 14.7 Å². The van der Waals surface area contributed by atoms with Crippen LogP contribution in [0.4, 0.5) is 0 Å². The van der Waals surface area contributed by atoms with Crippen molar-refractivity contribution in [2.24, 2.45) is 11.8 Å². The quantitative estimate of drug-likeness (QED) is 0.843. The van der Waals surface area contributed by atoms with Crippen molar-refractivity contribution in [2.75, 3.05) is 39.9 Å². The summed E-state index contributed by atoms with van der Waals surface area (Å²) in [7, 11) is 1.54. The van der Waals surface area contributed by atoms with Gasteiger partial charge in [0.1, 0.15) is 12.4 Å². The van der Waals surface area contributed by atoms with Crippen molar-refractivity contribution in [2.45, 2.75) is 44.4 Å². The fourth-order valence-electron chi connectivity index (χ4n) is 5.15. The van der Waals surface area contributed by atoms with Gasteiger partial charge in [0, 0.05) is 45.1 Å². The molecule has 4 rings (SSSR count). The molecule has 2 aliphatic heterocycles. The molecule has 0 radical (unpaired) electrons. The van der Waals surface area contributed by atoms with Crippen LogP contribution in [0.25, 0.3) is 0 Å². The third kappa shape index (κ3) is 3.24. The Morgan fingerprint density at radius 1 is 1.26 bits per heavy atom.